The molecule has 19 heavy (non-hydrogen) atoms. The predicted octanol–water partition coefficient (Wildman–Crippen LogP) is 4.41. The Kier molecular flexibility index (Phi) is 4.22. The van der Waals surface area contributed by atoms with Crippen molar-refractivity contribution in [2.45, 2.75) is 13.0 Å². The minimum absolute atomic E-state index is 0.249. The van der Waals surface area contributed by atoms with Crippen molar-refractivity contribution in [1.82, 2.24) is 0 Å². The molecule has 0 radical (unpaired) electrons. The molecule has 4 heteroatoms. The summed E-state index contributed by atoms with van der Waals surface area (Å²) in [5.41, 5.74) is 2.70. The van der Waals surface area contributed by atoms with Gasteiger partial charge in [0.1, 0.15) is 5.82 Å². The van der Waals surface area contributed by atoms with Crippen molar-refractivity contribution in [1.29, 1.82) is 0 Å². The summed E-state index contributed by atoms with van der Waals surface area (Å²) >= 11 is 3.50. The van der Waals surface area contributed by atoms with Gasteiger partial charge in [-0.3, -0.25) is 0 Å². The summed E-state index contributed by atoms with van der Waals surface area (Å²) in [5, 5.41) is 9.55. The zero-order chi connectivity index (χ0) is 14.0. The van der Waals surface area contributed by atoms with Crippen LogP contribution in [0.15, 0.2) is 46.9 Å². The van der Waals surface area contributed by atoms with Gasteiger partial charge in [-0.1, -0.05) is 6.07 Å². The Balaban J connectivity index is 2.33. The lowest BCUT2D eigenvalue weighted by Crippen LogP contribution is -2.10. The number of aliphatic hydroxyl groups is 1. The Morgan fingerprint density at radius 2 is 1.79 bits per heavy atom. The lowest BCUT2D eigenvalue weighted by molar-refractivity contribution is 0.199. The van der Waals surface area contributed by atoms with Crippen LogP contribution in [0, 0.1) is 5.82 Å². The third kappa shape index (κ3) is 3.14. The number of hydrogen-bond donors (Lipinski definition) is 1. The Morgan fingerprint density at radius 1 is 1.16 bits per heavy atom. The maximum atomic E-state index is 12.9. The first-order valence-corrected chi connectivity index (χ1v) is 6.75. The van der Waals surface area contributed by atoms with Gasteiger partial charge in [-0.2, -0.15) is 0 Å². The molecule has 0 heterocycles. The molecule has 2 nitrogen and oxygen atoms in total. The largest absolute Gasteiger partial charge is 0.389 e. The summed E-state index contributed by atoms with van der Waals surface area (Å²) in [4.78, 5) is 1.95. The summed E-state index contributed by atoms with van der Waals surface area (Å²) < 4.78 is 13.8. The number of hydrogen-bond acceptors (Lipinski definition) is 2. The fourth-order valence-corrected chi connectivity index (χ4v) is 2.52. The normalized spacial score (nSPS) is 12.3. The summed E-state index contributed by atoms with van der Waals surface area (Å²) in [6, 6.07) is 12.0. The number of rotatable bonds is 3. The average Bonchev–Trinajstić information content (AvgIpc) is 2.38. The second kappa shape index (κ2) is 5.72. The Bertz CT molecular complexity index is 569. The van der Waals surface area contributed by atoms with Gasteiger partial charge in [-0.25, -0.2) is 4.39 Å². The van der Waals surface area contributed by atoms with Crippen molar-refractivity contribution in [2.75, 3.05) is 11.9 Å². The van der Waals surface area contributed by atoms with Crippen LogP contribution in [0.1, 0.15) is 18.6 Å². The maximum absolute atomic E-state index is 12.9. The topological polar surface area (TPSA) is 23.5 Å². The Labute approximate surface area is 120 Å². The molecular weight excluding hydrogens is 309 g/mol. The molecule has 2 rings (SSSR count). The highest BCUT2D eigenvalue weighted by atomic mass is 79.9. The van der Waals surface area contributed by atoms with Gasteiger partial charge in [0.05, 0.1) is 11.8 Å². The third-order valence-electron chi connectivity index (χ3n) is 3.03. The van der Waals surface area contributed by atoms with Crippen molar-refractivity contribution >= 4 is 27.3 Å². The zero-order valence-electron chi connectivity index (χ0n) is 10.8. The van der Waals surface area contributed by atoms with E-state index < -0.39 is 6.10 Å². The van der Waals surface area contributed by atoms with E-state index in [1.807, 2.05) is 30.1 Å². The molecule has 0 fully saturated rings. The van der Waals surface area contributed by atoms with Crippen molar-refractivity contribution in [3.05, 3.63) is 58.3 Å². The maximum Gasteiger partial charge on any atom is 0.123 e. The second-order valence-electron chi connectivity index (χ2n) is 4.42. The number of halogens is 2. The molecule has 0 unspecified atom stereocenters. The Morgan fingerprint density at radius 3 is 2.32 bits per heavy atom. The van der Waals surface area contributed by atoms with Crippen LogP contribution in [0.5, 0.6) is 0 Å². The van der Waals surface area contributed by atoms with Crippen LogP contribution in [0.25, 0.3) is 0 Å². The van der Waals surface area contributed by atoms with Crippen LogP contribution >= 0.6 is 15.9 Å². The third-order valence-corrected chi connectivity index (χ3v) is 3.66. The van der Waals surface area contributed by atoms with E-state index in [9.17, 15) is 9.50 Å². The molecule has 0 bridgehead atoms. The minimum Gasteiger partial charge on any atom is -0.389 e. The first kappa shape index (κ1) is 14.0. The number of benzene rings is 2. The van der Waals surface area contributed by atoms with Gasteiger partial charge in [0.15, 0.2) is 0 Å². The van der Waals surface area contributed by atoms with Crippen LogP contribution in [0.2, 0.25) is 0 Å². The first-order chi connectivity index (χ1) is 8.99. The van der Waals surface area contributed by atoms with Gasteiger partial charge in [-0.15, -0.1) is 0 Å². The molecule has 0 spiro atoms. The van der Waals surface area contributed by atoms with Crippen molar-refractivity contribution in [3.8, 4) is 0 Å². The molecule has 0 aromatic heterocycles. The highest BCUT2D eigenvalue weighted by Gasteiger charge is 2.10. The molecular formula is C15H15BrFNO. The van der Waals surface area contributed by atoms with E-state index in [1.165, 1.54) is 12.1 Å². The van der Waals surface area contributed by atoms with Gasteiger partial charge >= 0.3 is 0 Å². The second-order valence-corrected chi connectivity index (χ2v) is 5.28. The lowest BCUT2D eigenvalue weighted by Gasteiger charge is -2.21. The molecule has 2 aromatic rings. The van der Waals surface area contributed by atoms with E-state index in [0.29, 0.717) is 0 Å². The molecule has 1 atom stereocenters. The molecule has 0 aliphatic heterocycles. The van der Waals surface area contributed by atoms with E-state index in [0.717, 1.165) is 21.4 Å². The number of nitrogens with zero attached hydrogens (tertiary/aromatic N) is 1. The van der Waals surface area contributed by atoms with Crippen molar-refractivity contribution in [2.24, 2.45) is 0 Å². The molecule has 0 amide bonds. The Hall–Kier alpha value is -1.39. The monoisotopic (exact) mass is 323 g/mol. The quantitative estimate of drug-likeness (QED) is 0.904. The highest BCUT2D eigenvalue weighted by molar-refractivity contribution is 9.10. The predicted molar refractivity (Wildman–Crippen MR) is 79.2 cm³/mol. The zero-order valence-corrected chi connectivity index (χ0v) is 12.4. The molecule has 100 valence electrons. The molecule has 0 aliphatic carbocycles. The minimum atomic E-state index is -0.499. The highest BCUT2D eigenvalue weighted by Crippen LogP contribution is 2.32. The summed E-state index contributed by atoms with van der Waals surface area (Å²) in [7, 11) is 1.91. The summed E-state index contributed by atoms with van der Waals surface area (Å²) in [5.74, 6) is -0.249. The van der Waals surface area contributed by atoms with Crippen LogP contribution in [-0.4, -0.2) is 12.2 Å². The molecule has 0 aliphatic rings. The van der Waals surface area contributed by atoms with E-state index >= 15 is 0 Å². The van der Waals surface area contributed by atoms with Crippen LogP contribution in [-0.2, 0) is 0 Å². The fraction of sp³-hybridized carbons (Fsp3) is 0.200. The van der Waals surface area contributed by atoms with E-state index in [2.05, 4.69) is 15.9 Å². The molecule has 0 saturated carbocycles. The van der Waals surface area contributed by atoms with Crippen molar-refractivity contribution in [3.63, 3.8) is 0 Å². The van der Waals surface area contributed by atoms with Crippen LogP contribution in [0.3, 0.4) is 0 Å². The van der Waals surface area contributed by atoms with E-state index in [-0.39, 0.29) is 5.82 Å². The first-order valence-electron chi connectivity index (χ1n) is 5.96. The van der Waals surface area contributed by atoms with Gasteiger partial charge in [0.25, 0.3) is 0 Å². The van der Waals surface area contributed by atoms with Gasteiger partial charge in [0, 0.05) is 17.2 Å². The smallest absolute Gasteiger partial charge is 0.123 e. The van der Waals surface area contributed by atoms with E-state index in [1.54, 1.807) is 19.1 Å². The number of anilines is 2. The average molecular weight is 324 g/mol. The fourth-order valence-electron chi connectivity index (χ4n) is 1.86. The van der Waals surface area contributed by atoms with Crippen molar-refractivity contribution < 1.29 is 9.50 Å². The van der Waals surface area contributed by atoms with Gasteiger partial charge in [-0.05, 0) is 64.8 Å². The molecule has 0 saturated heterocycles. The van der Waals surface area contributed by atoms with Crippen LogP contribution < -0.4 is 4.90 Å². The van der Waals surface area contributed by atoms with Gasteiger partial charge in [0.2, 0.25) is 0 Å². The molecule has 1 N–H and O–H groups in total. The SMILES string of the molecule is C[C@@H](O)c1ccc(N(C)c2ccc(F)cc2)c(Br)c1. The lowest BCUT2D eigenvalue weighted by atomic mass is 10.1. The summed E-state index contributed by atoms with van der Waals surface area (Å²) in [6.07, 6.45) is -0.499. The number of aliphatic hydroxyl groups excluding tert-OH is 1. The van der Waals surface area contributed by atoms with E-state index in [4.69, 9.17) is 0 Å². The summed E-state index contributed by atoms with van der Waals surface area (Å²) in [6.45, 7) is 1.73. The van der Waals surface area contributed by atoms with Crippen LogP contribution in [0.4, 0.5) is 15.8 Å². The standard InChI is InChI=1S/C15H15BrFNO/c1-10(19)11-3-8-15(14(16)9-11)18(2)13-6-4-12(17)5-7-13/h3-10,19H,1-2H3/t10-/m1/s1. The molecule has 2 aromatic carbocycles. The van der Waals surface area contributed by atoms with Gasteiger partial charge < -0.3 is 10.0 Å².